The molecule has 0 saturated heterocycles. The lowest BCUT2D eigenvalue weighted by Crippen LogP contribution is -2.29. The molecule has 3 aromatic rings. The highest BCUT2D eigenvalue weighted by Gasteiger charge is 2.19. The number of halogens is 2. The first-order chi connectivity index (χ1) is 12.6. The van der Waals surface area contributed by atoms with Gasteiger partial charge in [0, 0.05) is 20.1 Å². The standard InChI is InChI=1S/C19H21N5OS.2ClH/c1-12-17-14(19(25)21-11-13-5-7-20-8-6-13)10-15(16-4-3-9-26-16)22-18(17)24(2)23-12;;/h3-5,9-10,20H,6-8,11H2,1-2H3,(H,21,25);2*1H. The van der Waals surface area contributed by atoms with Gasteiger partial charge in [0.25, 0.3) is 5.91 Å². The third-order valence-electron chi connectivity index (χ3n) is 4.62. The van der Waals surface area contributed by atoms with Crippen molar-refractivity contribution < 1.29 is 4.79 Å². The van der Waals surface area contributed by atoms with Crippen LogP contribution in [0.1, 0.15) is 22.5 Å². The molecule has 1 aliphatic rings. The van der Waals surface area contributed by atoms with Gasteiger partial charge in [-0.2, -0.15) is 5.10 Å². The Hall–Kier alpha value is -1.93. The summed E-state index contributed by atoms with van der Waals surface area (Å²) in [4.78, 5) is 18.8. The van der Waals surface area contributed by atoms with Crippen molar-refractivity contribution >= 4 is 53.1 Å². The molecular weight excluding hydrogens is 417 g/mol. The Morgan fingerprint density at radius 2 is 2.21 bits per heavy atom. The third-order valence-corrected chi connectivity index (χ3v) is 5.51. The summed E-state index contributed by atoms with van der Waals surface area (Å²) in [5.41, 5.74) is 4.27. The van der Waals surface area contributed by atoms with Gasteiger partial charge in [-0.05, 0) is 37.4 Å². The number of hydrogen-bond acceptors (Lipinski definition) is 5. The van der Waals surface area contributed by atoms with Gasteiger partial charge in [0.15, 0.2) is 5.65 Å². The highest BCUT2D eigenvalue weighted by molar-refractivity contribution is 7.13. The highest BCUT2D eigenvalue weighted by Crippen LogP contribution is 2.29. The molecule has 0 aromatic carbocycles. The van der Waals surface area contributed by atoms with Crippen molar-refractivity contribution in [2.24, 2.45) is 7.05 Å². The molecule has 2 N–H and O–H groups in total. The molecule has 0 unspecified atom stereocenters. The van der Waals surface area contributed by atoms with E-state index in [0.717, 1.165) is 46.8 Å². The Balaban J connectivity index is 0.00000140. The molecule has 1 aliphatic heterocycles. The maximum absolute atomic E-state index is 13.0. The minimum atomic E-state index is -0.0780. The smallest absolute Gasteiger partial charge is 0.252 e. The van der Waals surface area contributed by atoms with Crippen LogP contribution in [0.25, 0.3) is 21.6 Å². The Morgan fingerprint density at radius 3 is 2.89 bits per heavy atom. The van der Waals surface area contributed by atoms with Gasteiger partial charge in [-0.3, -0.25) is 9.48 Å². The van der Waals surface area contributed by atoms with Gasteiger partial charge in [-0.15, -0.1) is 36.2 Å². The first kappa shape index (κ1) is 22.4. The molecule has 0 saturated carbocycles. The average molecular weight is 440 g/mol. The molecular formula is C19H23Cl2N5OS. The van der Waals surface area contributed by atoms with Crippen LogP contribution in [0.15, 0.2) is 35.2 Å². The lowest BCUT2D eigenvalue weighted by molar-refractivity contribution is 0.0958. The van der Waals surface area contributed by atoms with E-state index in [-0.39, 0.29) is 30.7 Å². The summed E-state index contributed by atoms with van der Waals surface area (Å²) in [6.07, 6.45) is 3.12. The van der Waals surface area contributed by atoms with Crippen LogP contribution in [0.5, 0.6) is 0 Å². The van der Waals surface area contributed by atoms with E-state index in [0.29, 0.717) is 12.1 Å². The van der Waals surface area contributed by atoms with E-state index in [1.54, 1.807) is 16.0 Å². The molecule has 9 heteroatoms. The van der Waals surface area contributed by atoms with Gasteiger partial charge < -0.3 is 10.6 Å². The number of carbonyl (C=O) groups is 1. The van der Waals surface area contributed by atoms with E-state index in [1.165, 1.54) is 5.57 Å². The zero-order valence-corrected chi connectivity index (χ0v) is 18.1. The van der Waals surface area contributed by atoms with Crippen LogP contribution in [0.2, 0.25) is 0 Å². The zero-order valence-electron chi connectivity index (χ0n) is 15.7. The van der Waals surface area contributed by atoms with Gasteiger partial charge >= 0.3 is 0 Å². The largest absolute Gasteiger partial charge is 0.348 e. The van der Waals surface area contributed by atoms with E-state index in [4.69, 9.17) is 4.98 Å². The van der Waals surface area contributed by atoms with Crippen molar-refractivity contribution in [1.29, 1.82) is 0 Å². The second-order valence-electron chi connectivity index (χ2n) is 6.44. The maximum Gasteiger partial charge on any atom is 0.252 e. The predicted octanol–water partition coefficient (Wildman–Crippen LogP) is 3.50. The van der Waals surface area contributed by atoms with Crippen molar-refractivity contribution in [2.75, 3.05) is 19.6 Å². The summed E-state index contributed by atoms with van der Waals surface area (Å²) >= 11 is 1.61. The number of aryl methyl sites for hydroxylation is 2. The molecule has 0 bridgehead atoms. The number of rotatable bonds is 4. The molecule has 1 amide bonds. The van der Waals surface area contributed by atoms with Crippen LogP contribution in [0.4, 0.5) is 0 Å². The minimum Gasteiger partial charge on any atom is -0.348 e. The Bertz CT molecular complexity index is 998. The second kappa shape index (κ2) is 9.52. The number of nitrogens with one attached hydrogen (secondary N) is 2. The molecule has 6 nitrogen and oxygen atoms in total. The summed E-state index contributed by atoms with van der Waals surface area (Å²) in [5, 5.41) is 13.7. The Kier molecular flexibility index (Phi) is 7.60. The maximum atomic E-state index is 13.0. The molecule has 28 heavy (non-hydrogen) atoms. The molecule has 4 heterocycles. The first-order valence-corrected chi connectivity index (χ1v) is 9.56. The molecule has 0 radical (unpaired) electrons. The van der Waals surface area contributed by atoms with Gasteiger partial charge in [0.2, 0.25) is 0 Å². The van der Waals surface area contributed by atoms with Crippen LogP contribution in [-0.4, -0.2) is 40.3 Å². The number of aromatic nitrogens is 3. The van der Waals surface area contributed by atoms with Crippen molar-refractivity contribution in [3.05, 3.63) is 46.5 Å². The fraction of sp³-hybridized carbons (Fsp3) is 0.316. The van der Waals surface area contributed by atoms with Crippen LogP contribution >= 0.6 is 36.2 Å². The molecule has 0 atom stereocenters. The summed E-state index contributed by atoms with van der Waals surface area (Å²) in [5.74, 6) is -0.0780. The van der Waals surface area contributed by atoms with Gasteiger partial charge in [0.1, 0.15) is 0 Å². The molecule has 0 fully saturated rings. The number of nitrogens with zero attached hydrogens (tertiary/aromatic N) is 3. The van der Waals surface area contributed by atoms with Crippen LogP contribution in [-0.2, 0) is 7.05 Å². The quantitative estimate of drug-likeness (QED) is 0.610. The number of carbonyl (C=O) groups excluding carboxylic acids is 1. The first-order valence-electron chi connectivity index (χ1n) is 8.68. The summed E-state index contributed by atoms with van der Waals surface area (Å²) in [6.45, 7) is 4.33. The van der Waals surface area contributed by atoms with Crippen molar-refractivity contribution in [1.82, 2.24) is 25.4 Å². The Labute approximate surface area is 180 Å². The fourth-order valence-corrected chi connectivity index (χ4v) is 3.98. The monoisotopic (exact) mass is 439 g/mol. The normalized spacial score (nSPS) is 13.4. The fourth-order valence-electron chi connectivity index (χ4n) is 3.29. The molecule has 0 spiro atoms. The van der Waals surface area contributed by atoms with Crippen LogP contribution in [0.3, 0.4) is 0 Å². The van der Waals surface area contributed by atoms with Crippen molar-refractivity contribution in [3.8, 4) is 10.6 Å². The zero-order chi connectivity index (χ0) is 18.1. The number of thiophene rings is 1. The molecule has 150 valence electrons. The SMILES string of the molecule is Cc1nn(C)c2nc(-c3cccs3)cc(C(=O)NCC3=CCNCC3)c12.Cl.Cl. The number of fused-ring (bicyclic) bond motifs is 1. The summed E-state index contributed by atoms with van der Waals surface area (Å²) in [7, 11) is 1.86. The van der Waals surface area contributed by atoms with Crippen molar-refractivity contribution in [2.45, 2.75) is 13.3 Å². The van der Waals surface area contributed by atoms with Gasteiger partial charge in [0.05, 0.1) is 27.2 Å². The van der Waals surface area contributed by atoms with Gasteiger partial charge in [-0.25, -0.2) is 4.98 Å². The van der Waals surface area contributed by atoms with Crippen LogP contribution in [0, 0.1) is 6.92 Å². The minimum absolute atomic E-state index is 0. The van der Waals surface area contributed by atoms with E-state index in [9.17, 15) is 4.79 Å². The lowest BCUT2D eigenvalue weighted by Gasteiger charge is -2.15. The lowest BCUT2D eigenvalue weighted by atomic mass is 10.1. The van der Waals surface area contributed by atoms with E-state index in [1.807, 2.05) is 37.6 Å². The molecule has 4 rings (SSSR count). The third kappa shape index (κ3) is 4.38. The molecule has 3 aromatic heterocycles. The summed E-state index contributed by atoms with van der Waals surface area (Å²) in [6, 6.07) is 5.89. The summed E-state index contributed by atoms with van der Waals surface area (Å²) < 4.78 is 1.74. The van der Waals surface area contributed by atoms with Crippen molar-refractivity contribution in [3.63, 3.8) is 0 Å². The molecule has 0 aliphatic carbocycles. The predicted molar refractivity (Wildman–Crippen MR) is 119 cm³/mol. The topological polar surface area (TPSA) is 71.8 Å². The van der Waals surface area contributed by atoms with E-state index in [2.05, 4.69) is 21.8 Å². The second-order valence-corrected chi connectivity index (χ2v) is 7.39. The van der Waals surface area contributed by atoms with E-state index >= 15 is 0 Å². The highest BCUT2D eigenvalue weighted by atomic mass is 35.5. The average Bonchev–Trinajstić information content (AvgIpc) is 3.29. The number of pyridine rings is 1. The van der Waals surface area contributed by atoms with Gasteiger partial charge in [-0.1, -0.05) is 17.7 Å². The van der Waals surface area contributed by atoms with E-state index < -0.39 is 0 Å². The number of amides is 1. The number of hydrogen-bond donors (Lipinski definition) is 2. The Morgan fingerprint density at radius 1 is 1.39 bits per heavy atom. The van der Waals surface area contributed by atoms with Crippen LogP contribution < -0.4 is 10.6 Å².